The van der Waals surface area contributed by atoms with Gasteiger partial charge in [-0.15, -0.1) is 0 Å². The van der Waals surface area contributed by atoms with Crippen LogP contribution in [0.25, 0.3) is 0 Å². The standard InChI is InChI=1S/C14H24O3/c1-9(2)12(15)16-11-8-14(10(3)4)7-6-13(11,5)17-14/h9-11H,6-8H2,1-5H3. The average Bonchev–Trinajstić information content (AvgIpc) is 2.70. The molecular weight excluding hydrogens is 216 g/mol. The first kappa shape index (κ1) is 12.9. The van der Waals surface area contributed by atoms with Crippen molar-refractivity contribution in [3.05, 3.63) is 0 Å². The lowest BCUT2D eigenvalue weighted by molar-refractivity contribution is -0.161. The van der Waals surface area contributed by atoms with E-state index < -0.39 is 0 Å². The Hall–Kier alpha value is -0.570. The lowest BCUT2D eigenvalue weighted by atomic mass is 9.75. The maximum absolute atomic E-state index is 11.7. The zero-order valence-corrected chi connectivity index (χ0v) is 11.6. The third-order valence-corrected chi connectivity index (χ3v) is 4.48. The minimum atomic E-state index is -0.255. The second-order valence-corrected chi connectivity index (χ2v) is 6.42. The SMILES string of the molecule is CC(C)C(=O)OC1CC2(C(C)C)CCC1(C)O2. The third kappa shape index (κ3) is 1.99. The summed E-state index contributed by atoms with van der Waals surface area (Å²) in [6.45, 7) is 10.2. The summed E-state index contributed by atoms with van der Waals surface area (Å²) in [5.41, 5.74) is -0.314. The summed E-state index contributed by atoms with van der Waals surface area (Å²) < 4.78 is 11.8. The molecule has 2 aliphatic rings. The van der Waals surface area contributed by atoms with Crippen molar-refractivity contribution in [2.75, 3.05) is 0 Å². The van der Waals surface area contributed by atoms with Gasteiger partial charge in [0.25, 0.3) is 0 Å². The van der Waals surface area contributed by atoms with Crippen LogP contribution in [-0.2, 0) is 14.3 Å². The van der Waals surface area contributed by atoms with Gasteiger partial charge in [-0.1, -0.05) is 27.7 Å². The van der Waals surface area contributed by atoms with Crippen molar-refractivity contribution in [1.82, 2.24) is 0 Å². The van der Waals surface area contributed by atoms with Crippen molar-refractivity contribution in [2.24, 2.45) is 11.8 Å². The van der Waals surface area contributed by atoms with Crippen LogP contribution in [0.1, 0.15) is 53.9 Å². The van der Waals surface area contributed by atoms with E-state index >= 15 is 0 Å². The number of fused-ring (bicyclic) bond motifs is 2. The van der Waals surface area contributed by atoms with Crippen molar-refractivity contribution in [2.45, 2.75) is 71.2 Å². The van der Waals surface area contributed by atoms with Crippen LogP contribution < -0.4 is 0 Å². The Balaban J connectivity index is 2.10. The Bertz CT molecular complexity index is 323. The highest BCUT2D eigenvalue weighted by atomic mass is 16.6. The molecule has 0 spiro atoms. The van der Waals surface area contributed by atoms with Crippen LogP contribution in [0.4, 0.5) is 0 Å². The molecule has 0 aromatic heterocycles. The van der Waals surface area contributed by atoms with Gasteiger partial charge in [-0.25, -0.2) is 0 Å². The lowest BCUT2D eigenvalue weighted by Crippen LogP contribution is -2.40. The quantitative estimate of drug-likeness (QED) is 0.711. The van der Waals surface area contributed by atoms with Gasteiger partial charge < -0.3 is 9.47 Å². The van der Waals surface area contributed by atoms with E-state index in [9.17, 15) is 4.79 Å². The second-order valence-electron chi connectivity index (χ2n) is 6.42. The number of carbonyl (C=O) groups excluding carboxylic acids is 1. The largest absolute Gasteiger partial charge is 0.459 e. The Kier molecular flexibility index (Phi) is 3.01. The number of hydrogen-bond acceptors (Lipinski definition) is 3. The average molecular weight is 240 g/mol. The zero-order chi connectivity index (χ0) is 12.8. The first-order chi connectivity index (χ1) is 7.79. The van der Waals surface area contributed by atoms with Crippen molar-refractivity contribution in [3.63, 3.8) is 0 Å². The van der Waals surface area contributed by atoms with Crippen LogP contribution in [0.15, 0.2) is 0 Å². The number of hydrogen-bond donors (Lipinski definition) is 0. The molecule has 2 fully saturated rings. The molecule has 3 unspecified atom stereocenters. The van der Waals surface area contributed by atoms with Gasteiger partial charge in [-0.05, 0) is 25.7 Å². The first-order valence-electron chi connectivity index (χ1n) is 6.70. The highest BCUT2D eigenvalue weighted by Crippen LogP contribution is 2.55. The maximum atomic E-state index is 11.7. The normalized spacial score (nSPS) is 40.3. The fourth-order valence-corrected chi connectivity index (χ4v) is 3.01. The Morgan fingerprint density at radius 3 is 2.41 bits per heavy atom. The molecule has 0 amide bonds. The molecule has 2 rings (SSSR count). The van der Waals surface area contributed by atoms with E-state index in [0.717, 1.165) is 19.3 Å². The molecule has 0 saturated carbocycles. The maximum Gasteiger partial charge on any atom is 0.308 e. The molecule has 2 aliphatic heterocycles. The summed E-state index contributed by atoms with van der Waals surface area (Å²) in [4.78, 5) is 11.7. The molecule has 98 valence electrons. The molecule has 0 radical (unpaired) electrons. The topological polar surface area (TPSA) is 35.5 Å². The van der Waals surface area contributed by atoms with Gasteiger partial charge in [0.1, 0.15) is 11.7 Å². The van der Waals surface area contributed by atoms with E-state index in [0.29, 0.717) is 5.92 Å². The number of rotatable bonds is 3. The summed E-state index contributed by atoms with van der Waals surface area (Å²) >= 11 is 0. The van der Waals surface area contributed by atoms with Crippen LogP contribution in [0.2, 0.25) is 0 Å². The summed E-state index contributed by atoms with van der Waals surface area (Å²) in [6, 6.07) is 0. The number of esters is 1. The predicted molar refractivity (Wildman–Crippen MR) is 65.6 cm³/mol. The Morgan fingerprint density at radius 1 is 1.29 bits per heavy atom. The summed E-state index contributed by atoms with van der Waals surface area (Å²) in [5.74, 6) is 0.311. The highest BCUT2D eigenvalue weighted by molar-refractivity contribution is 5.71. The van der Waals surface area contributed by atoms with Gasteiger partial charge in [0.2, 0.25) is 0 Å². The molecule has 0 aromatic carbocycles. The van der Waals surface area contributed by atoms with Crippen LogP contribution in [-0.4, -0.2) is 23.3 Å². The van der Waals surface area contributed by atoms with E-state index in [-0.39, 0.29) is 29.2 Å². The smallest absolute Gasteiger partial charge is 0.308 e. The fourth-order valence-electron chi connectivity index (χ4n) is 3.01. The molecule has 0 aromatic rings. The van der Waals surface area contributed by atoms with Crippen molar-refractivity contribution < 1.29 is 14.3 Å². The van der Waals surface area contributed by atoms with E-state index in [4.69, 9.17) is 9.47 Å². The Labute approximate surface area is 104 Å². The first-order valence-corrected chi connectivity index (χ1v) is 6.70. The minimum Gasteiger partial charge on any atom is -0.459 e. The van der Waals surface area contributed by atoms with Crippen molar-refractivity contribution >= 4 is 5.97 Å². The van der Waals surface area contributed by atoms with E-state index in [1.807, 2.05) is 13.8 Å². The zero-order valence-electron chi connectivity index (χ0n) is 11.6. The van der Waals surface area contributed by atoms with Crippen molar-refractivity contribution in [1.29, 1.82) is 0 Å². The molecule has 3 heteroatoms. The molecule has 0 N–H and O–H groups in total. The fraction of sp³-hybridized carbons (Fsp3) is 0.929. The molecule has 3 atom stereocenters. The van der Waals surface area contributed by atoms with E-state index in [1.165, 1.54) is 0 Å². The Morgan fingerprint density at radius 2 is 1.94 bits per heavy atom. The summed E-state index contributed by atoms with van der Waals surface area (Å²) in [6.07, 6.45) is 2.89. The van der Waals surface area contributed by atoms with Crippen LogP contribution in [0, 0.1) is 11.8 Å². The van der Waals surface area contributed by atoms with Gasteiger partial charge in [0.15, 0.2) is 0 Å². The number of ether oxygens (including phenoxy) is 2. The molecule has 2 heterocycles. The minimum absolute atomic E-state index is 0.0589. The van der Waals surface area contributed by atoms with Gasteiger partial charge in [-0.3, -0.25) is 4.79 Å². The van der Waals surface area contributed by atoms with Gasteiger partial charge in [-0.2, -0.15) is 0 Å². The van der Waals surface area contributed by atoms with Gasteiger partial charge in [0.05, 0.1) is 11.5 Å². The monoisotopic (exact) mass is 240 g/mol. The molecule has 2 bridgehead atoms. The molecule has 3 nitrogen and oxygen atoms in total. The highest BCUT2D eigenvalue weighted by Gasteiger charge is 2.61. The summed E-state index contributed by atoms with van der Waals surface area (Å²) in [7, 11) is 0. The molecule has 17 heavy (non-hydrogen) atoms. The van der Waals surface area contributed by atoms with Gasteiger partial charge in [0, 0.05) is 6.42 Å². The van der Waals surface area contributed by atoms with Gasteiger partial charge >= 0.3 is 5.97 Å². The molecule has 0 aliphatic carbocycles. The van der Waals surface area contributed by atoms with E-state index in [1.54, 1.807) is 0 Å². The second kappa shape index (κ2) is 3.98. The third-order valence-electron chi connectivity index (χ3n) is 4.48. The number of carbonyl (C=O) groups is 1. The van der Waals surface area contributed by atoms with Crippen molar-refractivity contribution in [3.8, 4) is 0 Å². The van der Waals surface area contributed by atoms with E-state index in [2.05, 4.69) is 20.8 Å². The molecule has 2 saturated heterocycles. The lowest BCUT2D eigenvalue weighted by Gasteiger charge is -2.31. The van der Waals surface area contributed by atoms with Crippen LogP contribution in [0.5, 0.6) is 0 Å². The van der Waals surface area contributed by atoms with Crippen LogP contribution >= 0.6 is 0 Å². The molecular formula is C14H24O3. The summed E-state index contributed by atoms with van der Waals surface area (Å²) in [5, 5.41) is 0. The van der Waals surface area contributed by atoms with Crippen LogP contribution in [0.3, 0.4) is 0 Å². The predicted octanol–water partition coefficient (Wildman–Crippen LogP) is 2.92.